The Morgan fingerprint density at radius 3 is 2.71 bits per heavy atom. The van der Waals surface area contributed by atoms with E-state index in [2.05, 4.69) is 21.6 Å². The highest BCUT2D eigenvalue weighted by Gasteiger charge is 2.24. The molecule has 5 nitrogen and oxygen atoms in total. The molecule has 92 valence electrons. The number of amides is 1. The first-order valence-corrected chi connectivity index (χ1v) is 6.31. The summed E-state index contributed by atoms with van der Waals surface area (Å²) in [6.07, 6.45) is 0. The van der Waals surface area contributed by atoms with Crippen LogP contribution in [0.2, 0.25) is 0 Å². The third-order valence-corrected chi connectivity index (χ3v) is 2.90. The first kappa shape index (κ1) is 13.6. The van der Waals surface area contributed by atoms with E-state index in [4.69, 9.17) is 5.26 Å². The number of aromatic amines is 1. The predicted molar refractivity (Wildman–Crippen MR) is 67.8 cm³/mol. The molecule has 0 aliphatic heterocycles. The molecule has 0 unspecified atom stereocenters. The Morgan fingerprint density at radius 2 is 2.24 bits per heavy atom. The van der Waals surface area contributed by atoms with Gasteiger partial charge >= 0.3 is 0 Å². The van der Waals surface area contributed by atoms with Crippen LogP contribution >= 0.6 is 11.8 Å². The van der Waals surface area contributed by atoms with Crippen molar-refractivity contribution >= 4 is 23.5 Å². The van der Waals surface area contributed by atoms with Gasteiger partial charge in [0.15, 0.2) is 0 Å². The van der Waals surface area contributed by atoms with E-state index in [1.165, 1.54) is 11.8 Å². The van der Waals surface area contributed by atoms with Crippen molar-refractivity contribution < 1.29 is 4.79 Å². The van der Waals surface area contributed by atoms with Crippen molar-refractivity contribution in [3.63, 3.8) is 0 Å². The van der Waals surface area contributed by atoms with Crippen molar-refractivity contribution in [2.75, 3.05) is 11.1 Å². The van der Waals surface area contributed by atoms with Gasteiger partial charge in [-0.1, -0.05) is 27.7 Å². The summed E-state index contributed by atoms with van der Waals surface area (Å²) in [6.45, 7) is 7.42. The van der Waals surface area contributed by atoms with E-state index in [-0.39, 0.29) is 5.91 Å². The van der Waals surface area contributed by atoms with Gasteiger partial charge in [-0.25, -0.2) is 0 Å². The molecule has 0 saturated heterocycles. The Bertz CT molecular complexity index is 453. The SMILES string of the molecule is CCSc1n[nH]c(NC(=O)C(C)(C)C)c1C#N. The highest BCUT2D eigenvalue weighted by molar-refractivity contribution is 7.99. The van der Waals surface area contributed by atoms with E-state index >= 15 is 0 Å². The van der Waals surface area contributed by atoms with E-state index in [1.807, 2.05) is 27.7 Å². The lowest BCUT2D eigenvalue weighted by Gasteiger charge is -2.16. The fourth-order valence-corrected chi connectivity index (χ4v) is 1.74. The maximum atomic E-state index is 11.8. The van der Waals surface area contributed by atoms with Gasteiger partial charge in [-0.15, -0.1) is 11.8 Å². The Kier molecular flexibility index (Phi) is 4.18. The van der Waals surface area contributed by atoms with Gasteiger partial charge < -0.3 is 5.32 Å². The molecule has 2 N–H and O–H groups in total. The van der Waals surface area contributed by atoms with Crippen molar-refractivity contribution in [2.24, 2.45) is 5.41 Å². The normalized spacial score (nSPS) is 11.0. The maximum absolute atomic E-state index is 11.8. The zero-order valence-electron chi connectivity index (χ0n) is 10.4. The molecule has 1 amide bonds. The fourth-order valence-electron chi connectivity index (χ4n) is 1.06. The average molecular weight is 252 g/mol. The molecule has 0 aliphatic carbocycles. The molecule has 1 heterocycles. The summed E-state index contributed by atoms with van der Waals surface area (Å²) in [4.78, 5) is 11.8. The van der Waals surface area contributed by atoms with Crippen LogP contribution in [0, 0.1) is 16.7 Å². The Morgan fingerprint density at radius 1 is 1.59 bits per heavy atom. The topological polar surface area (TPSA) is 81.6 Å². The van der Waals surface area contributed by atoms with Gasteiger partial charge in [0, 0.05) is 5.41 Å². The molecular formula is C11H16N4OS. The largest absolute Gasteiger partial charge is 0.309 e. The minimum absolute atomic E-state index is 0.148. The Hall–Kier alpha value is -1.48. The molecule has 6 heteroatoms. The monoisotopic (exact) mass is 252 g/mol. The molecule has 0 bridgehead atoms. The van der Waals surface area contributed by atoms with Gasteiger partial charge in [0.05, 0.1) is 0 Å². The molecule has 0 spiro atoms. The molecule has 0 atom stereocenters. The van der Waals surface area contributed by atoms with Gasteiger partial charge in [-0.3, -0.25) is 9.89 Å². The number of hydrogen-bond acceptors (Lipinski definition) is 4. The Labute approximate surface area is 105 Å². The molecule has 1 rings (SSSR count). The van der Waals surface area contributed by atoms with E-state index < -0.39 is 5.41 Å². The lowest BCUT2D eigenvalue weighted by molar-refractivity contribution is -0.123. The van der Waals surface area contributed by atoms with Gasteiger partial charge in [0.1, 0.15) is 22.5 Å². The average Bonchev–Trinajstić information content (AvgIpc) is 2.60. The smallest absolute Gasteiger partial charge is 0.230 e. The molecular weight excluding hydrogens is 236 g/mol. The summed E-state index contributed by atoms with van der Waals surface area (Å²) >= 11 is 1.47. The predicted octanol–water partition coefficient (Wildman–Crippen LogP) is 2.38. The second-order valence-corrected chi connectivity index (χ2v) is 5.78. The summed E-state index contributed by atoms with van der Waals surface area (Å²) < 4.78 is 0. The van der Waals surface area contributed by atoms with Crippen molar-refractivity contribution in [2.45, 2.75) is 32.7 Å². The number of hydrogen-bond donors (Lipinski definition) is 2. The van der Waals surface area contributed by atoms with Crippen LogP contribution in [-0.4, -0.2) is 21.9 Å². The van der Waals surface area contributed by atoms with Crippen molar-refractivity contribution in [3.8, 4) is 6.07 Å². The number of aromatic nitrogens is 2. The molecule has 0 fully saturated rings. The zero-order chi connectivity index (χ0) is 13.1. The summed E-state index contributed by atoms with van der Waals surface area (Å²) in [7, 11) is 0. The van der Waals surface area contributed by atoms with Crippen LogP contribution in [0.25, 0.3) is 0 Å². The molecule has 0 aliphatic rings. The molecule has 0 aromatic carbocycles. The number of thioether (sulfide) groups is 1. The van der Waals surface area contributed by atoms with Crippen LogP contribution < -0.4 is 5.32 Å². The first-order chi connectivity index (χ1) is 7.90. The fraction of sp³-hybridized carbons (Fsp3) is 0.545. The number of nitrogens with zero attached hydrogens (tertiary/aromatic N) is 2. The van der Waals surface area contributed by atoms with E-state index in [0.717, 1.165) is 5.75 Å². The molecule has 0 radical (unpaired) electrons. The maximum Gasteiger partial charge on any atom is 0.230 e. The molecule has 0 saturated carbocycles. The Balaban J connectivity index is 2.93. The summed E-state index contributed by atoms with van der Waals surface area (Å²) in [5.74, 6) is 1.06. The van der Waals surface area contributed by atoms with Crippen molar-refractivity contribution in [1.82, 2.24) is 10.2 Å². The summed E-state index contributed by atoms with van der Waals surface area (Å²) in [5.41, 5.74) is -0.106. The second-order valence-electron chi connectivity index (χ2n) is 4.53. The van der Waals surface area contributed by atoms with E-state index in [0.29, 0.717) is 16.4 Å². The van der Waals surface area contributed by atoms with Crippen LogP contribution in [0.15, 0.2) is 5.03 Å². The van der Waals surface area contributed by atoms with Crippen LogP contribution in [0.3, 0.4) is 0 Å². The lowest BCUT2D eigenvalue weighted by atomic mass is 9.96. The van der Waals surface area contributed by atoms with Gasteiger partial charge in [0.2, 0.25) is 5.91 Å². The van der Waals surface area contributed by atoms with Crippen LogP contribution in [0.1, 0.15) is 33.3 Å². The van der Waals surface area contributed by atoms with Crippen molar-refractivity contribution in [3.05, 3.63) is 5.56 Å². The number of anilines is 1. The van der Waals surface area contributed by atoms with Crippen molar-refractivity contribution in [1.29, 1.82) is 5.26 Å². The van der Waals surface area contributed by atoms with E-state index in [1.54, 1.807) is 0 Å². The highest BCUT2D eigenvalue weighted by atomic mass is 32.2. The van der Waals surface area contributed by atoms with Crippen LogP contribution in [0.4, 0.5) is 5.82 Å². The van der Waals surface area contributed by atoms with Crippen LogP contribution in [-0.2, 0) is 4.79 Å². The molecule has 17 heavy (non-hydrogen) atoms. The van der Waals surface area contributed by atoms with Gasteiger partial charge in [0.25, 0.3) is 0 Å². The quantitative estimate of drug-likeness (QED) is 0.809. The van der Waals surface area contributed by atoms with Gasteiger partial charge in [-0.05, 0) is 5.75 Å². The minimum Gasteiger partial charge on any atom is -0.309 e. The molecule has 1 aromatic rings. The summed E-state index contributed by atoms with van der Waals surface area (Å²) in [5, 5.41) is 19.1. The minimum atomic E-state index is -0.504. The number of carbonyl (C=O) groups is 1. The van der Waals surface area contributed by atoms with Crippen LogP contribution in [0.5, 0.6) is 0 Å². The third kappa shape index (κ3) is 3.24. The zero-order valence-corrected chi connectivity index (χ0v) is 11.2. The second kappa shape index (κ2) is 5.23. The third-order valence-electron chi connectivity index (χ3n) is 2.05. The highest BCUT2D eigenvalue weighted by Crippen LogP contribution is 2.26. The number of rotatable bonds is 3. The first-order valence-electron chi connectivity index (χ1n) is 5.32. The summed E-state index contributed by atoms with van der Waals surface area (Å²) in [6, 6.07) is 2.06. The standard InChI is InChI=1S/C11H16N4OS/c1-5-17-9-7(6-12)8(14-15-9)13-10(16)11(2,3)4/h5H2,1-4H3,(H2,13,14,15,16). The number of carbonyl (C=O) groups excluding carboxylic acids is 1. The molecule has 1 aromatic heterocycles. The van der Waals surface area contributed by atoms with E-state index in [9.17, 15) is 4.79 Å². The number of nitriles is 1. The van der Waals surface area contributed by atoms with Gasteiger partial charge in [-0.2, -0.15) is 10.4 Å². The number of H-pyrrole nitrogens is 1. The number of nitrogens with one attached hydrogen (secondary N) is 2. The lowest BCUT2D eigenvalue weighted by Crippen LogP contribution is -2.28.